The van der Waals surface area contributed by atoms with Crippen molar-refractivity contribution in [1.82, 2.24) is 5.32 Å². The van der Waals surface area contributed by atoms with Gasteiger partial charge in [0.15, 0.2) is 0 Å². The third kappa shape index (κ3) is 4.30. The van der Waals surface area contributed by atoms with E-state index in [0.717, 1.165) is 10.0 Å². The minimum Gasteiger partial charge on any atom is -0.477 e. The van der Waals surface area contributed by atoms with Crippen LogP contribution < -0.4 is 5.32 Å². The van der Waals surface area contributed by atoms with Gasteiger partial charge in [0.1, 0.15) is 5.70 Å². The Morgan fingerprint density at radius 2 is 1.82 bits per heavy atom. The van der Waals surface area contributed by atoms with E-state index in [-0.39, 0.29) is 5.70 Å². The Hall–Kier alpha value is -2.40. The molecule has 0 aliphatic carbocycles. The molecule has 0 heterocycles. The molecule has 2 N–H and O–H groups in total. The monoisotopic (exact) mass is 359 g/mol. The van der Waals surface area contributed by atoms with Gasteiger partial charge in [0.2, 0.25) is 0 Å². The molecule has 2 aromatic rings. The van der Waals surface area contributed by atoms with Gasteiger partial charge in [-0.15, -0.1) is 0 Å². The number of carbonyl (C=O) groups excluding carboxylic acids is 1. The average molecular weight is 360 g/mol. The predicted molar refractivity (Wildman–Crippen MR) is 88.4 cm³/mol. The van der Waals surface area contributed by atoms with Gasteiger partial charge in [0.05, 0.1) is 0 Å². The molecule has 0 aliphatic heterocycles. The van der Waals surface area contributed by atoms with Crippen LogP contribution in [-0.4, -0.2) is 17.0 Å². The predicted octanol–water partition coefficient (Wildman–Crippen LogP) is 3.61. The van der Waals surface area contributed by atoms with Crippen LogP contribution in [0.25, 0.3) is 6.08 Å². The standard InChI is InChI=1S/C17H14BrNO3/c1-11-5-7-13(8-6-11)16(20)19-15(17(21)22)10-12-3-2-4-14(18)9-12/h2-10H,1H3,(H,19,20)(H,21,22)/b15-10-. The van der Waals surface area contributed by atoms with Crippen molar-refractivity contribution in [2.75, 3.05) is 0 Å². The van der Waals surface area contributed by atoms with Crippen LogP contribution in [0.3, 0.4) is 0 Å². The van der Waals surface area contributed by atoms with Crippen molar-refractivity contribution >= 4 is 33.9 Å². The number of amides is 1. The third-order valence-corrected chi connectivity index (χ3v) is 3.45. The molecular formula is C17H14BrNO3. The van der Waals surface area contributed by atoms with Crippen LogP contribution in [0.15, 0.2) is 58.7 Å². The molecule has 112 valence electrons. The minimum atomic E-state index is -1.19. The molecule has 1 amide bonds. The second-order valence-electron chi connectivity index (χ2n) is 4.74. The molecule has 2 rings (SSSR count). The number of halogens is 1. The maximum atomic E-state index is 12.1. The average Bonchev–Trinajstić information content (AvgIpc) is 2.47. The Balaban J connectivity index is 2.24. The second-order valence-corrected chi connectivity index (χ2v) is 5.65. The molecule has 22 heavy (non-hydrogen) atoms. The summed E-state index contributed by atoms with van der Waals surface area (Å²) in [5.41, 5.74) is 1.94. The van der Waals surface area contributed by atoms with Crippen molar-refractivity contribution in [3.8, 4) is 0 Å². The second kappa shape index (κ2) is 7.04. The van der Waals surface area contributed by atoms with Crippen LogP contribution in [-0.2, 0) is 4.79 Å². The van der Waals surface area contributed by atoms with Crippen LogP contribution >= 0.6 is 15.9 Å². The van der Waals surface area contributed by atoms with Gasteiger partial charge in [-0.2, -0.15) is 0 Å². The molecule has 0 spiro atoms. The normalized spacial score (nSPS) is 11.1. The first kappa shape index (κ1) is 16.0. The van der Waals surface area contributed by atoms with Gasteiger partial charge in [-0.05, 0) is 42.8 Å². The largest absolute Gasteiger partial charge is 0.477 e. The Kier molecular flexibility index (Phi) is 5.12. The van der Waals surface area contributed by atoms with Crippen molar-refractivity contribution < 1.29 is 14.7 Å². The molecule has 0 radical (unpaired) electrons. The van der Waals surface area contributed by atoms with Gasteiger partial charge in [-0.3, -0.25) is 4.79 Å². The van der Waals surface area contributed by atoms with E-state index in [4.69, 9.17) is 0 Å². The van der Waals surface area contributed by atoms with Crippen LogP contribution in [0.5, 0.6) is 0 Å². The summed E-state index contributed by atoms with van der Waals surface area (Å²) in [4.78, 5) is 23.4. The Morgan fingerprint density at radius 3 is 2.41 bits per heavy atom. The van der Waals surface area contributed by atoms with Gasteiger partial charge in [-0.25, -0.2) is 4.79 Å². The number of aliphatic carboxylic acids is 1. The number of carbonyl (C=O) groups is 2. The molecule has 0 saturated heterocycles. The lowest BCUT2D eigenvalue weighted by atomic mass is 10.1. The molecule has 2 aromatic carbocycles. The van der Waals surface area contributed by atoms with E-state index in [2.05, 4.69) is 21.2 Å². The van der Waals surface area contributed by atoms with Gasteiger partial charge in [-0.1, -0.05) is 45.8 Å². The van der Waals surface area contributed by atoms with E-state index in [9.17, 15) is 14.7 Å². The molecule has 0 aromatic heterocycles. The lowest BCUT2D eigenvalue weighted by Gasteiger charge is -2.07. The molecule has 4 nitrogen and oxygen atoms in total. The van der Waals surface area contributed by atoms with Crippen LogP contribution in [0.1, 0.15) is 21.5 Å². The fourth-order valence-electron chi connectivity index (χ4n) is 1.81. The number of hydrogen-bond acceptors (Lipinski definition) is 2. The number of benzene rings is 2. The van der Waals surface area contributed by atoms with Crippen LogP contribution in [0.2, 0.25) is 0 Å². The number of rotatable bonds is 4. The number of nitrogens with one attached hydrogen (secondary N) is 1. The van der Waals surface area contributed by atoms with E-state index in [0.29, 0.717) is 11.1 Å². The Morgan fingerprint density at radius 1 is 1.14 bits per heavy atom. The molecule has 5 heteroatoms. The fraction of sp³-hybridized carbons (Fsp3) is 0.0588. The first-order chi connectivity index (χ1) is 10.5. The van der Waals surface area contributed by atoms with Crippen molar-refractivity contribution in [3.05, 3.63) is 75.4 Å². The highest BCUT2D eigenvalue weighted by atomic mass is 79.9. The minimum absolute atomic E-state index is 0.177. The van der Waals surface area contributed by atoms with Crippen LogP contribution in [0.4, 0.5) is 0 Å². The van der Waals surface area contributed by atoms with Crippen molar-refractivity contribution in [2.24, 2.45) is 0 Å². The summed E-state index contributed by atoms with van der Waals surface area (Å²) in [5, 5.41) is 11.7. The van der Waals surface area contributed by atoms with E-state index >= 15 is 0 Å². The first-order valence-corrected chi connectivity index (χ1v) is 7.33. The summed E-state index contributed by atoms with van der Waals surface area (Å²) < 4.78 is 0.829. The van der Waals surface area contributed by atoms with Gasteiger partial charge in [0.25, 0.3) is 5.91 Å². The zero-order valence-corrected chi connectivity index (χ0v) is 13.4. The van der Waals surface area contributed by atoms with E-state index < -0.39 is 11.9 Å². The number of carboxylic acids is 1. The highest BCUT2D eigenvalue weighted by Crippen LogP contribution is 2.14. The van der Waals surface area contributed by atoms with Crippen LogP contribution in [0, 0.1) is 6.92 Å². The summed E-state index contributed by atoms with van der Waals surface area (Å²) in [6.45, 7) is 1.91. The molecule has 0 aliphatic rings. The summed E-state index contributed by atoms with van der Waals surface area (Å²) in [7, 11) is 0. The number of carboxylic acid groups (broad SMARTS) is 1. The lowest BCUT2D eigenvalue weighted by Crippen LogP contribution is -2.27. The Labute approximate surface area is 136 Å². The van der Waals surface area contributed by atoms with E-state index in [1.807, 2.05) is 13.0 Å². The summed E-state index contributed by atoms with van der Waals surface area (Å²) in [6, 6.07) is 14.1. The highest BCUT2D eigenvalue weighted by molar-refractivity contribution is 9.10. The van der Waals surface area contributed by atoms with Crippen molar-refractivity contribution in [2.45, 2.75) is 6.92 Å². The summed E-state index contributed by atoms with van der Waals surface area (Å²) >= 11 is 3.32. The quantitative estimate of drug-likeness (QED) is 0.819. The maximum Gasteiger partial charge on any atom is 0.352 e. The van der Waals surface area contributed by atoms with Gasteiger partial charge < -0.3 is 10.4 Å². The highest BCUT2D eigenvalue weighted by Gasteiger charge is 2.13. The summed E-state index contributed by atoms with van der Waals surface area (Å²) in [6.07, 6.45) is 1.42. The molecular weight excluding hydrogens is 346 g/mol. The Bertz CT molecular complexity index is 736. The smallest absolute Gasteiger partial charge is 0.352 e. The van der Waals surface area contributed by atoms with Gasteiger partial charge in [0, 0.05) is 10.0 Å². The van der Waals surface area contributed by atoms with E-state index in [1.54, 1.807) is 42.5 Å². The zero-order chi connectivity index (χ0) is 16.1. The molecule has 0 atom stereocenters. The topological polar surface area (TPSA) is 66.4 Å². The van der Waals surface area contributed by atoms with E-state index in [1.165, 1.54) is 6.08 Å². The fourth-order valence-corrected chi connectivity index (χ4v) is 2.23. The van der Waals surface area contributed by atoms with Crippen molar-refractivity contribution in [1.29, 1.82) is 0 Å². The number of hydrogen-bond donors (Lipinski definition) is 2. The maximum absolute atomic E-state index is 12.1. The SMILES string of the molecule is Cc1ccc(C(=O)N/C(=C\c2cccc(Br)c2)C(=O)O)cc1. The summed E-state index contributed by atoms with van der Waals surface area (Å²) in [5.74, 6) is -1.65. The van der Waals surface area contributed by atoms with Crippen molar-refractivity contribution in [3.63, 3.8) is 0 Å². The molecule has 0 bridgehead atoms. The molecule has 0 fully saturated rings. The lowest BCUT2D eigenvalue weighted by molar-refractivity contribution is -0.132. The molecule has 0 saturated carbocycles. The number of aryl methyl sites for hydroxylation is 1. The third-order valence-electron chi connectivity index (χ3n) is 2.95. The zero-order valence-electron chi connectivity index (χ0n) is 11.8. The molecule has 0 unspecified atom stereocenters. The van der Waals surface area contributed by atoms with Gasteiger partial charge >= 0.3 is 5.97 Å². The first-order valence-electron chi connectivity index (χ1n) is 6.54.